The van der Waals surface area contributed by atoms with Gasteiger partial charge in [-0.3, -0.25) is 14.4 Å². The van der Waals surface area contributed by atoms with Gasteiger partial charge in [-0.1, -0.05) is 62.8 Å². The summed E-state index contributed by atoms with van der Waals surface area (Å²) >= 11 is 0. The minimum absolute atomic E-state index is 0.0838. The van der Waals surface area contributed by atoms with Crippen molar-refractivity contribution in [1.82, 2.24) is 4.90 Å². The number of allylic oxidation sites excluding steroid dienone is 1. The molecule has 0 aliphatic carbocycles. The first-order chi connectivity index (χ1) is 20.3. The number of rotatable bonds is 13. The molecule has 7 atom stereocenters. The number of hydrogen-bond donors (Lipinski definition) is 1. The molecule has 42 heavy (non-hydrogen) atoms. The first-order valence-corrected chi connectivity index (χ1v) is 15.1. The third-order valence-electron chi connectivity index (χ3n) is 9.51. The number of ether oxygens (including phenoxy) is 2. The molecule has 8 nitrogen and oxygen atoms in total. The number of likely N-dealkylation sites (tertiary alicyclic amines) is 1. The van der Waals surface area contributed by atoms with Gasteiger partial charge in [0.05, 0.1) is 37.2 Å². The molecule has 8 heteroatoms. The Morgan fingerprint density at radius 1 is 1.21 bits per heavy atom. The van der Waals surface area contributed by atoms with Crippen LogP contribution in [0.15, 0.2) is 67.8 Å². The van der Waals surface area contributed by atoms with Crippen molar-refractivity contribution in [2.75, 3.05) is 24.7 Å². The minimum atomic E-state index is -1.18. The standard InChI is InChI=1S/C34H42N2O6/c1-5-8-11-19-41-33(40)28-27-16-17-34(42-27)29(28)31(38)36(26(21-37)22(4)7-3)30(34)32(39)35(18-6-2)25-15-14-23-12-9-10-13-24(23)20-25/h5-6,9-10,12-15,20,22,26-30,37H,1-2,7-8,11,16-19,21H2,3-4H3/t22-,26-,27-,28+,29-,30?,34?/m0/s1. The predicted molar refractivity (Wildman–Crippen MR) is 162 cm³/mol. The van der Waals surface area contributed by atoms with Crippen LogP contribution in [-0.4, -0.2) is 71.3 Å². The van der Waals surface area contributed by atoms with Gasteiger partial charge in [0.25, 0.3) is 5.91 Å². The summed E-state index contributed by atoms with van der Waals surface area (Å²) in [7, 11) is 0. The maximum Gasteiger partial charge on any atom is 0.312 e. The maximum atomic E-state index is 14.8. The Hall–Kier alpha value is -3.49. The topological polar surface area (TPSA) is 96.4 Å². The third kappa shape index (κ3) is 4.94. The zero-order chi connectivity index (χ0) is 30.0. The average molecular weight is 575 g/mol. The highest BCUT2D eigenvalue weighted by Gasteiger charge is 2.75. The fourth-order valence-corrected chi connectivity index (χ4v) is 7.25. The van der Waals surface area contributed by atoms with Gasteiger partial charge in [-0.25, -0.2) is 0 Å². The normalized spacial score (nSPS) is 27.5. The number of aliphatic hydroxyl groups is 1. The van der Waals surface area contributed by atoms with E-state index in [-0.39, 0.29) is 37.5 Å². The van der Waals surface area contributed by atoms with E-state index in [2.05, 4.69) is 13.2 Å². The smallest absolute Gasteiger partial charge is 0.312 e. The van der Waals surface area contributed by atoms with Crippen molar-refractivity contribution < 1.29 is 29.0 Å². The van der Waals surface area contributed by atoms with Gasteiger partial charge >= 0.3 is 5.97 Å². The molecule has 0 radical (unpaired) electrons. The number of unbranched alkanes of at least 4 members (excludes halogenated alkanes) is 1. The van der Waals surface area contributed by atoms with Crippen LogP contribution in [0.3, 0.4) is 0 Å². The Bertz CT molecular complexity index is 1360. The summed E-state index contributed by atoms with van der Waals surface area (Å²) in [6, 6.07) is 12.1. The summed E-state index contributed by atoms with van der Waals surface area (Å²) in [4.78, 5) is 45.8. The van der Waals surface area contributed by atoms with E-state index < -0.39 is 41.6 Å². The van der Waals surface area contributed by atoms with Crippen LogP contribution in [0.5, 0.6) is 0 Å². The van der Waals surface area contributed by atoms with E-state index in [1.807, 2.05) is 56.3 Å². The van der Waals surface area contributed by atoms with Crippen LogP contribution in [0.1, 0.15) is 46.0 Å². The number of benzene rings is 2. The van der Waals surface area contributed by atoms with Crippen LogP contribution in [0.25, 0.3) is 10.8 Å². The van der Waals surface area contributed by atoms with Crippen molar-refractivity contribution in [2.24, 2.45) is 17.8 Å². The highest BCUT2D eigenvalue weighted by molar-refractivity contribution is 6.05. The maximum absolute atomic E-state index is 14.8. The molecule has 2 amide bonds. The van der Waals surface area contributed by atoms with Gasteiger partial charge < -0.3 is 24.4 Å². The van der Waals surface area contributed by atoms with Crippen LogP contribution >= 0.6 is 0 Å². The quantitative estimate of drug-likeness (QED) is 0.213. The monoisotopic (exact) mass is 574 g/mol. The molecule has 2 aromatic carbocycles. The van der Waals surface area contributed by atoms with E-state index in [1.165, 1.54) is 0 Å². The average Bonchev–Trinajstić information content (AvgIpc) is 3.65. The van der Waals surface area contributed by atoms with Crippen molar-refractivity contribution in [3.8, 4) is 0 Å². The Labute approximate surface area is 248 Å². The molecule has 224 valence electrons. The molecule has 3 aliphatic rings. The molecule has 5 rings (SSSR count). The minimum Gasteiger partial charge on any atom is -0.465 e. The Morgan fingerprint density at radius 2 is 1.98 bits per heavy atom. The number of aliphatic hydroxyl groups excluding tert-OH is 1. The van der Waals surface area contributed by atoms with E-state index in [0.717, 1.165) is 17.2 Å². The van der Waals surface area contributed by atoms with E-state index in [0.29, 0.717) is 31.4 Å². The SMILES string of the molecule is C=CCCCOC(=O)[C@@H]1[C@@H]2CCC3(O2)C(C(=O)N(CC=C)c2ccc4ccccc4c2)N([C@@H](CO)[C@@H](C)CC)C(=O)[C@H]13. The molecule has 1 spiro atoms. The third-order valence-corrected chi connectivity index (χ3v) is 9.51. The van der Waals surface area contributed by atoms with Crippen molar-refractivity contribution in [1.29, 1.82) is 0 Å². The molecule has 0 saturated carbocycles. The summed E-state index contributed by atoms with van der Waals surface area (Å²) < 4.78 is 12.2. The molecule has 2 bridgehead atoms. The number of carbonyl (C=O) groups is 3. The number of fused-ring (bicyclic) bond motifs is 2. The molecule has 0 aromatic heterocycles. The lowest BCUT2D eigenvalue weighted by Gasteiger charge is -2.41. The van der Waals surface area contributed by atoms with Gasteiger partial charge in [-0.15, -0.1) is 13.2 Å². The number of hydrogen-bond acceptors (Lipinski definition) is 6. The highest BCUT2D eigenvalue weighted by atomic mass is 16.6. The van der Waals surface area contributed by atoms with Crippen LogP contribution in [0, 0.1) is 17.8 Å². The van der Waals surface area contributed by atoms with Crippen LogP contribution in [0.4, 0.5) is 5.69 Å². The Balaban J connectivity index is 1.56. The second kappa shape index (κ2) is 12.4. The summed E-state index contributed by atoms with van der Waals surface area (Å²) in [5.74, 6) is -2.81. The second-order valence-corrected chi connectivity index (χ2v) is 11.8. The molecule has 3 fully saturated rings. The molecule has 3 aliphatic heterocycles. The van der Waals surface area contributed by atoms with E-state index >= 15 is 0 Å². The molecule has 2 unspecified atom stereocenters. The van der Waals surface area contributed by atoms with Gasteiger partial charge in [0.2, 0.25) is 5.91 Å². The van der Waals surface area contributed by atoms with Gasteiger partial charge in [0.15, 0.2) is 0 Å². The zero-order valence-electron chi connectivity index (χ0n) is 24.6. The lowest BCUT2D eigenvalue weighted by Crippen LogP contribution is -2.60. The molecular formula is C34H42N2O6. The molecule has 2 aromatic rings. The fraction of sp³-hybridized carbons (Fsp3) is 0.500. The molecule has 1 N–H and O–H groups in total. The van der Waals surface area contributed by atoms with Crippen molar-refractivity contribution >= 4 is 34.2 Å². The van der Waals surface area contributed by atoms with Gasteiger partial charge in [0.1, 0.15) is 11.6 Å². The highest BCUT2D eigenvalue weighted by Crippen LogP contribution is 2.59. The molecule has 3 saturated heterocycles. The van der Waals surface area contributed by atoms with Crippen molar-refractivity contribution in [3.63, 3.8) is 0 Å². The number of amides is 2. The van der Waals surface area contributed by atoms with E-state index in [9.17, 15) is 19.5 Å². The Kier molecular flexibility index (Phi) is 8.85. The summed E-state index contributed by atoms with van der Waals surface area (Å²) in [6.07, 6.45) is 6.03. The van der Waals surface area contributed by atoms with Crippen LogP contribution in [0.2, 0.25) is 0 Å². The number of nitrogens with zero attached hydrogens (tertiary/aromatic N) is 2. The van der Waals surface area contributed by atoms with Crippen molar-refractivity contribution in [3.05, 3.63) is 67.8 Å². The second-order valence-electron chi connectivity index (χ2n) is 11.8. The molecule has 3 heterocycles. The van der Waals surface area contributed by atoms with Gasteiger partial charge in [-0.2, -0.15) is 0 Å². The number of carbonyl (C=O) groups excluding carboxylic acids is 3. The van der Waals surface area contributed by atoms with Crippen LogP contribution in [-0.2, 0) is 23.9 Å². The summed E-state index contributed by atoms with van der Waals surface area (Å²) in [5.41, 5.74) is -0.499. The first kappa shape index (κ1) is 30.0. The summed E-state index contributed by atoms with van der Waals surface area (Å²) in [5, 5.41) is 12.6. The zero-order valence-corrected chi connectivity index (χ0v) is 24.6. The predicted octanol–water partition coefficient (Wildman–Crippen LogP) is 4.65. The van der Waals surface area contributed by atoms with E-state index in [4.69, 9.17) is 9.47 Å². The largest absolute Gasteiger partial charge is 0.465 e. The van der Waals surface area contributed by atoms with Gasteiger partial charge in [0, 0.05) is 12.2 Å². The number of anilines is 1. The molecular weight excluding hydrogens is 532 g/mol. The Morgan fingerprint density at radius 3 is 2.67 bits per heavy atom. The summed E-state index contributed by atoms with van der Waals surface area (Å²) in [6.45, 7) is 11.7. The van der Waals surface area contributed by atoms with Gasteiger partial charge in [-0.05, 0) is 54.5 Å². The number of esters is 1. The lowest BCUT2D eigenvalue weighted by molar-refractivity contribution is -0.156. The fourth-order valence-electron chi connectivity index (χ4n) is 7.25. The first-order valence-electron chi connectivity index (χ1n) is 15.1. The van der Waals surface area contributed by atoms with E-state index in [1.54, 1.807) is 22.0 Å². The van der Waals surface area contributed by atoms with Crippen LogP contribution < -0.4 is 4.90 Å². The lowest BCUT2D eigenvalue weighted by atomic mass is 9.70. The van der Waals surface area contributed by atoms with Crippen molar-refractivity contribution in [2.45, 2.75) is 69.7 Å².